The van der Waals surface area contributed by atoms with Gasteiger partial charge in [0.2, 0.25) is 0 Å². The summed E-state index contributed by atoms with van der Waals surface area (Å²) >= 11 is 5.40. The maximum atomic E-state index is 3.51. The van der Waals surface area contributed by atoms with Gasteiger partial charge in [-0.3, -0.25) is 0 Å². The molecule has 16 heavy (non-hydrogen) atoms. The van der Waals surface area contributed by atoms with Crippen molar-refractivity contribution in [3.63, 3.8) is 0 Å². The minimum atomic E-state index is 0.937. The summed E-state index contributed by atoms with van der Waals surface area (Å²) in [4.78, 5) is 2.81. The van der Waals surface area contributed by atoms with Crippen molar-refractivity contribution in [1.82, 2.24) is 0 Å². The van der Waals surface area contributed by atoms with Gasteiger partial charge in [0.1, 0.15) is 0 Å². The molecule has 2 aromatic rings. The number of hydrogen-bond acceptors (Lipinski definition) is 1. The monoisotopic (exact) mass is 290 g/mol. The summed E-state index contributed by atoms with van der Waals surface area (Å²) in [6.45, 7) is 0. The molecule has 1 aliphatic heterocycles. The Morgan fingerprint density at radius 2 is 1.81 bits per heavy atom. The average Bonchev–Trinajstić information content (AvgIpc) is 2.35. The molecule has 0 nitrogen and oxygen atoms in total. The molecule has 0 unspecified atom stereocenters. The molecule has 0 radical (unpaired) electrons. The minimum Gasteiger partial charge on any atom is -0.0895 e. The molecule has 0 N–H and O–H groups in total. The summed E-state index contributed by atoms with van der Waals surface area (Å²) in [5.74, 6) is 0. The Kier molecular flexibility index (Phi) is 2.78. The third-order valence-electron chi connectivity index (χ3n) is 2.85. The van der Waals surface area contributed by atoms with E-state index in [1.165, 1.54) is 26.5 Å². The maximum Gasteiger partial charge on any atom is 0.0283 e. The van der Waals surface area contributed by atoms with Crippen molar-refractivity contribution in [3.8, 4) is 0 Å². The van der Waals surface area contributed by atoms with Crippen LogP contribution in [0.4, 0.5) is 0 Å². The molecule has 0 amide bonds. The van der Waals surface area contributed by atoms with Crippen molar-refractivity contribution in [2.75, 3.05) is 0 Å². The number of hydrogen-bond donors (Lipinski definition) is 0. The quantitative estimate of drug-likeness (QED) is 0.589. The fourth-order valence-corrected chi connectivity index (χ4v) is 3.43. The Labute approximate surface area is 108 Å². The molecule has 0 aromatic heterocycles. The van der Waals surface area contributed by atoms with Gasteiger partial charge in [-0.25, -0.2) is 0 Å². The van der Waals surface area contributed by atoms with Crippen molar-refractivity contribution in [2.24, 2.45) is 0 Å². The fraction of sp³-hybridized carbons (Fsp3) is 0.143. The van der Waals surface area contributed by atoms with Crippen LogP contribution >= 0.6 is 27.7 Å². The van der Waals surface area contributed by atoms with E-state index in [9.17, 15) is 0 Å². The third kappa shape index (κ3) is 1.80. The van der Waals surface area contributed by atoms with E-state index in [4.69, 9.17) is 0 Å². The number of halogens is 1. The average molecular weight is 291 g/mol. The molecule has 0 atom stereocenters. The predicted molar refractivity (Wildman–Crippen MR) is 72.4 cm³/mol. The van der Waals surface area contributed by atoms with Crippen LogP contribution in [0.3, 0.4) is 0 Å². The van der Waals surface area contributed by atoms with Gasteiger partial charge in [-0.2, -0.15) is 0 Å². The molecular formula is C14H11BrS. The van der Waals surface area contributed by atoms with Gasteiger partial charge in [0.05, 0.1) is 0 Å². The van der Waals surface area contributed by atoms with Crippen molar-refractivity contribution >= 4 is 27.7 Å². The molecule has 3 rings (SSSR count). The van der Waals surface area contributed by atoms with Gasteiger partial charge in [0.15, 0.2) is 0 Å². The van der Waals surface area contributed by atoms with E-state index in [0.29, 0.717) is 0 Å². The van der Waals surface area contributed by atoms with Gasteiger partial charge in [0, 0.05) is 15.1 Å². The lowest BCUT2D eigenvalue weighted by Gasteiger charge is -2.19. The highest BCUT2D eigenvalue weighted by Crippen LogP contribution is 2.39. The maximum absolute atomic E-state index is 3.51. The molecule has 0 saturated carbocycles. The van der Waals surface area contributed by atoms with E-state index < -0.39 is 0 Å². The van der Waals surface area contributed by atoms with Crippen molar-refractivity contribution < 1.29 is 0 Å². The highest BCUT2D eigenvalue weighted by Gasteiger charge is 2.15. The molecule has 0 spiro atoms. The number of benzene rings is 2. The zero-order valence-corrected chi connectivity index (χ0v) is 11.1. The Balaban J connectivity index is 2.05. The van der Waals surface area contributed by atoms with E-state index >= 15 is 0 Å². The highest BCUT2D eigenvalue weighted by molar-refractivity contribution is 9.08. The minimum absolute atomic E-state index is 0.937. The Morgan fingerprint density at radius 1 is 1.00 bits per heavy atom. The highest BCUT2D eigenvalue weighted by atomic mass is 79.9. The molecule has 2 aromatic carbocycles. The topological polar surface area (TPSA) is 0 Å². The molecule has 0 bridgehead atoms. The fourth-order valence-electron chi connectivity index (χ4n) is 2.03. The number of fused-ring (bicyclic) bond motifs is 2. The summed E-state index contributed by atoms with van der Waals surface area (Å²) in [6.07, 6.45) is 1.07. The molecule has 0 fully saturated rings. The Morgan fingerprint density at radius 3 is 2.69 bits per heavy atom. The summed E-state index contributed by atoms with van der Waals surface area (Å²) in [5, 5.41) is 0.937. The normalized spacial score (nSPS) is 13.1. The van der Waals surface area contributed by atoms with Crippen molar-refractivity contribution in [3.05, 3.63) is 59.2 Å². The van der Waals surface area contributed by atoms with Crippen LogP contribution in [0.15, 0.2) is 52.3 Å². The van der Waals surface area contributed by atoms with Gasteiger partial charge < -0.3 is 0 Å². The lowest BCUT2D eigenvalue weighted by atomic mass is 10.0. The standard InChI is InChI=1S/C14H11BrS/c15-9-10-5-6-14-12(7-10)8-11-3-1-2-4-13(11)16-14/h1-7H,8-9H2. The summed E-state index contributed by atoms with van der Waals surface area (Å²) < 4.78 is 0. The molecule has 1 heterocycles. The van der Waals surface area contributed by atoms with Crippen LogP contribution in [-0.4, -0.2) is 0 Å². The van der Waals surface area contributed by atoms with Crippen LogP contribution < -0.4 is 0 Å². The first kappa shape index (κ1) is 10.4. The van der Waals surface area contributed by atoms with Crippen LogP contribution in [0.2, 0.25) is 0 Å². The zero-order chi connectivity index (χ0) is 11.0. The van der Waals surface area contributed by atoms with Crippen LogP contribution in [0, 0.1) is 0 Å². The summed E-state index contributed by atoms with van der Waals surface area (Å²) in [5.41, 5.74) is 4.27. The van der Waals surface area contributed by atoms with Gasteiger partial charge in [-0.05, 0) is 35.2 Å². The van der Waals surface area contributed by atoms with Crippen LogP contribution in [0.25, 0.3) is 0 Å². The van der Waals surface area contributed by atoms with Crippen LogP contribution in [0.5, 0.6) is 0 Å². The first-order valence-electron chi connectivity index (χ1n) is 5.30. The van der Waals surface area contributed by atoms with Crippen molar-refractivity contribution in [2.45, 2.75) is 21.5 Å². The predicted octanol–water partition coefficient (Wildman–Crippen LogP) is 4.64. The molecular weight excluding hydrogens is 280 g/mol. The van der Waals surface area contributed by atoms with E-state index in [2.05, 4.69) is 58.4 Å². The Hall–Kier alpha value is -0.730. The lowest BCUT2D eigenvalue weighted by molar-refractivity contribution is 1.05. The second-order valence-corrected chi connectivity index (χ2v) is 5.61. The van der Waals surface area contributed by atoms with Crippen molar-refractivity contribution in [1.29, 1.82) is 0 Å². The number of alkyl halides is 1. The zero-order valence-electron chi connectivity index (χ0n) is 8.74. The van der Waals surface area contributed by atoms with E-state index in [1.807, 2.05) is 11.8 Å². The third-order valence-corrected chi connectivity index (χ3v) is 4.74. The molecule has 0 aliphatic carbocycles. The first-order chi connectivity index (χ1) is 7.86. The molecule has 0 saturated heterocycles. The second kappa shape index (κ2) is 4.27. The summed E-state index contributed by atoms with van der Waals surface area (Å²) in [7, 11) is 0. The van der Waals surface area contributed by atoms with Crippen LogP contribution in [-0.2, 0) is 11.8 Å². The lowest BCUT2D eigenvalue weighted by Crippen LogP contribution is -1.99. The van der Waals surface area contributed by atoms with Gasteiger partial charge >= 0.3 is 0 Å². The SMILES string of the molecule is BrCc1ccc2c(c1)Cc1ccccc1S2. The largest absolute Gasteiger partial charge is 0.0895 e. The van der Waals surface area contributed by atoms with E-state index in [0.717, 1.165) is 11.8 Å². The van der Waals surface area contributed by atoms with Crippen LogP contribution in [0.1, 0.15) is 16.7 Å². The first-order valence-corrected chi connectivity index (χ1v) is 7.24. The van der Waals surface area contributed by atoms with E-state index in [1.54, 1.807) is 0 Å². The number of rotatable bonds is 1. The van der Waals surface area contributed by atoms with Gasteiger partial charge in [0.25, 0.3) is 0 Å². The molecule has 1 aliphatic rings. The Bertz CT molecular complexity index is 534. The smallest absolute Gasteiger partial charge is 0.0283 e. The van der Waals surface area contributed by atoms with Gasteiger partial charge in [-0.15, -0.1) is 0 Å². The summed E-state index contributed by atoms with van der Waals surface area (Å²) in [6, 6.07) is 15.4. The van der Waals surface area contributed by atoms with Gasteiger partial charge in [-0.1, -0.05) is 58.0 Å². The van der Waals surface area contributed by atoms with E-state index in [-0.39, 0.29) is 0 Å². The molecule has 80 valence electrons. The second-order valence-electron chi connectivity index (χ2n) is 3.96. The molecule has 2 heteroatoms.